The molecule has 0 amide bonds. The Balaban J connectivity index is 0.975. The Morgan fingerprint density at radius 3 is 1.21 bits per heavy atom. The van der Waals surface area contributed by atoms with Gasteiger partial charge in [-0.1, -0.05) is 170 Å². The molecule has 0 aliphatic carbocycles. The van der Waals surface area contributed by atoms with Crippen molar-refractivity contribution in [1.29, 1.82) is 0 Å². The molecule has 15 aromatic carbocycles. The van der Waals surface area contributed by atoms with Crippen LogP contribution < -0.4 is 9.80 Å². The average molecular weight is 849 g/mol. The molecule has 15 aromatic rings. The maximum absolute atomic E-state index is 2.49. The number of fused-ring (bicyclic) bond motifs is 2. The lowest BCUT2D eigenvalue weighted by atomic mass is 9.88. The Kier molecular flexibility index (Phi) is 7.46. The second kappa shape index (κ2) is 13.7. The van der Waals surface area contributed by atoms with Crippen LogP contribution in [0.2, 0.25) is 0 Å². The van der Waals surface area contributed by atoms with E-state index in [1.807, 2.05) is 0 Å². The van der Waals surface area contributed by atoms with E-state index in [2.05, 4.69) is 241 Å². The third kappa shape index (κ3) is 5.15. The van der Waals surface area contributed by atoms with Gasteiger partial charge in [-0.15, -0.1) is 0 Å². The minimum Gasteiger partial charge on any atom is -0.310 e. The SMILES string of the molecule is Cc1cccc(N(c2cc3ccc4cccc5ccc(c2)c3c45)c2ccc3c4cccc5c(N(c6ccccc6)c6ccc7ccc8cccc9ccc6c7c89)ccc(c6cccc2c36)c54)c1. The van der Waals surface area contributed by atoms with Crippen molar-refractivity contribution in [3.8, 4) is 0 Å². The molecule has 0 radical (unpaired) electrons. The smallest absolute Gasteiger partial charge is 0.0540 e. The summed E-state index contributed by atoms with van der Waals surface area (Å²) in [6.45, 7) is 2.19. The van der Waals surface area contributed by atoms with Crippen LogP contribution >= 0.6 is 0 Å². The summed E-state index contributed by atoms with van der Waals surface area (Å²) in [5.74, 6) is 0. The zero-order valence-corrected chi connectivity index (χ0v) is 36.8. The van der Waals surface area contributed by atoms with Crippen LogP contribution in [0.15, 0.2) is 224 Å². The number of anilines is 6. The van der Waals surface area contributed by atoms with Crippen molar-refractivity contribution in [2.75, 3.05) is 9.80 Å². The molecule has 0 aliphatic rings. The molecule has 0 saturated heterocycles. The highest BCUT2D eigenvalue weighted by Crippen LogP contribution is 2.51. The molecule has 0 heterocycles. The van der Waals surface area contributed by atoms with Crippen molar-refractivity contribution in [1.82, 2.24) is 0 Å². The average Bonchev–Trinajstić information content (AvgIpc) is 3.38. The summed E-state index contributed by atoms with van der Waals surface area (Å²) in [6, 6.07) is 84.2. The first-order chi connectivity index (χ1) is 33.1. The molecular formula is C65H40N2. The second-order valence-electron chi connectivity index (χ2n) is 18.5. The van der Waals surface area contributed by atoms with Gasteiger partial charge in [0.1, 0.15) is 0 Å². The van der Waals surface area contributed by atoms with Crippen LogP contribution in [0, 0.1) is 6.92 Å². The maximum atomic E-state index is 2.49. The number of rotatable bonds is 6. The number of para-hydroxylation sites is 1. The lowest BCUT2D eigenvalue weighted by Crippen LogP contribution is -2.11. The third-order valence-corrected chi connectivity index (χ3v) is 14.8. The number of benzene rings is 15. The number of aryl methyl sites for hydroxylation is 1. The fourth-order valence-corrected chi connectivity index (χ4v) is 12.0. The van der Waals surface area contributed by atoms with Crippen LogP contribution in [0.25, 0.3) is 108 Å². The van der Waals surface area contributed by atoms with E-state index < -0.39 is 0 Å². The number of hydrogen-bond donors (Lipinski definition) is 0. The topological polar surface area (TPSA) is 6.48 Å². The zero-order valence-electron chi connectivity index (χ0n) is 36.8. The van der Waals surface area contributed by atoms with Gasteiger partial charge in [0, 0.05) is 33.2 Å². The van der Waals surface area contributed by atoms with Gasteiger partial charge in [-0.25, -0.2) is 0 Å². The predicted molar refractivity (Wildman–Crippen MR) is 289 cm³/mol. The normalized spacial score (nSPS) is 12.3. The molecule has 0 saturated carbocycles. The highest BCUT2D eigenvalue weighted by molar-refractivity contribution is 6.36. The van der Waals surface area contributed by atoms with Crippen molar-refractivity contribution < 1.29 is 0 Å². The van der Waals surface area contributed by atoms with E-state index >= 15 is 0 Å². The minimum absolute atomic E-state index is 1.13. The molecule has 0 spiro atoms. The lowest BCUT2D eigenvalue weighted by Gasteiger charge is -2.30. The van der Waals surface area contributed by atoms with Crippen molar-refractivity contribution in [3.63, 3.8) is 0 Å². The highest BCUT2D eigenvalue weighted by Gasteiger charge is 2.25. The second-order valence-corrected chi connectivity index (χ2v) is 18.5. The van der Waals surface area contributed by atoms with Gasteiger partial charge in [0.25, 0.3) is 0 Å². The quantitative estimate of drug-likeness (QED) is 0.121. The molecule has 0 N–H and O–H groups in total. The van der Waals surface area contributed by atoms with E-state index in [1.165, 1.54) is 119 Å². The van der Waals surface area contributed by atoms with Crippen molar-refractivity contribution >= 4 is 142 Å². The summed E-state index contributed by atoms with van der Waals surface area (Å²) in [5.41, 5.74) is 8.14. The van der Waals surface area contributed by atoms with Crippen LogP contribution in [0.5, 0.6) is 0 Å². The van der Waals surface area contributed by atoms with Gasteiger partial charge in [-0.2, -0.15) is 0 Å². The van der Waals surface area contributed by atoms with E-state index in [0.717, 1.165) is 28.4 Å². The fourth-order valence-electron chi connectivity index (χ4n) is 12.0. The summed E-state index contributed by atoms with van der Waals surface area (Å²) >= 11 is 0. The van der Waals surface area contributed by atoms with Gasteiger partial charge in [0.15, 0.2) is 0 Å². The summed E-state index contributed by atoms with van der Waals surface area (Å²) < 4.78 is 0. The molecule has 0 atom stereocenters. The molecule has 0 unspecified atom stereocenters. The number of nitrogens with zero attached hydrogens (tertiary/aromatic N) is 2. The minimum atomic E-state index is 1.13. The predicted octanol–water partition coefficient (Wildman–Crippen LogP) is 18.8. The molecule has 0 fully saturated rings. The van der Waals surface area contributed by atoms with Crippen molar-refractivity contribution in [2.45, 2.75) is 6.92 Å². The standard InChI is InChI=1S/C65H40N2/c1-39-10-5-17-48(36-39)66(49-37-45-26-24-40-11-6-12-41-25-27-46(38-49)62(45)60(40)41)57-34-31-52-51-19-9-21-55-59(35-32-53(65(51)55)50-18-8-20-54(57)64(50)52)67(47-15-3-2-4-16-47)58-33-29-44-23-22-42-13-7-14-43-28-30-56(58)63(44)61(42)43/h2-38H,1H3. The van der Waals surface area contributed by atoms with Crippen molar-refractivity contribution in [3.05, 3.63) is 230 Å². The van der Waals surface area contributed by atoms with Crippen LogP contribution in [-0.2, 0) is 0 Å². The Morgan fingerprint density at radius 2 is 0.612 bits per heavy atom. The molecule has 0 aliphatic heterocycles. The van der Waals surface area contributed by atoms with Crippen LogP contribution in [-0.4, -0.2) is 0 Å². The van der Waals surface area contributed by atoms with Crippen LogP contribution in [0.1, 0.15) is 5.56 Å². The Morgan fingerprint density at radius 1 is 0.224 bits per heavy atom. The fraction of sp³-hybridized carbons (Fsp3) is 0.0154. The zero-order chi connectivity index (χ0) is 43.9. The molecule has 15 rings (SSSR count). The summed E-state index contributed by atoms with van der Waals surface area (Å²) in [7, 11) is 0. The van der Waals surface area contributed by atoms with Crippen molar-refractivity contribution in [2.24, 2.45) is 0 Å². The molecule has 0 bridgehead atoms. The largest absolute Gasteiger partial charge is 0.310 e. The molecular weight excluding hydrogens is 809 g/mol. The van der Waals surface area contributed by atoms with Crippen LogP contribution in [0.3, 0.4) is 0 Å². The van der Waals surface area contributed by atoms with E-state index in [9.17, 15) is 0 Å². The van der Waals surface area contributed by atoms with Gasteiger partial charge in [0.05, 0.1) is 17.1 Å². The molecule has 67 heavy (non-hydrogen) atoms. The van der Waals surface area contributed by atoms with E-state index in [-0.39, 0.29) is 0 Å². The first-order valence-electron chi connectivity index (χ1n) is 23.3. The van der Waals surface area contributed by atoms with Crippen LogP contribution in [0.4, 0.5) is 34.1 Å². The maximum Gasteiger partial charge on any atom is 0.0540 e. The Labute approximate surface area is 386 Å². The van der Waals surface area contributed by atoms with Gasteiger partial charge in [-0.3, -0.25) is 0 Å². The monoisotopic (exact) mass is 848 g/mol. The van der Waals surface area contributed by atoms with Gasteiger partial charge in [0.2, 0.25) is 0 Å². The van der Waals surface area contributed by atoms with Gasteiger partial charge >= 0.3 is 0 Å². The molecule has 310 valence electrons. The van der Waals surface area contributed by atoms with E-state index in [4.69, 9.17) is 0 Å². The van der Waals surface area contributed by atoms with Gasteiger partial charge in [-0.05, 0) is 159 Å². The molecule has 2 heteroatoms. The van der Waals surface area contributed by atoms with E-state index in [1.54, 1.807) is 0 Å². The highest BCUT2D eigenvalue weighted by atomic mass is 15.2. The van der Waals surface area contributed by atoms with Gasteiger partial charge < -0.3 is 9.80 Å². The third-order valence-electron chi connectivity index (χ3n) is 14.8. The lowest BCUT2D eigenvalue weighted by molar-refractivity contribution is 1.29. The molecule has 2 nitrogen and oxygen atoms in total. The Bertz CT molecular complexity index is 4370. The summed E-state index contributed by atoms with van der Waals surface area (Å²) in [5, 5.41) is 25.5. The molecule has 0 aromatic heterocycles. The first kappa shape index (κ1) is 36.6. The Hall–Kier alpha value is -8.72. The summed E-state index contributed by atoms with van der Waals surface area (Å²) in [6.07, 6.45) is 0. The van der Waals surface area contributed by atoms with E-state index in [0.29, 0.717) is 0 Å². The first-order valence-corrected chi connectivity index (χ1v) is 23.3. The summed E-state index contributed by atoms with van der Waals surface area (Å²) in [4.78, 5) is 4.97. The number of hydrogen-bond acceptors (Lipinski definition) is 2.